The Bertz CT molecular complexity index is 441. The molecule has 1 amide bonds. The summed E-state index contributed by atoms with van der Waals surface area (Å²) in [7, 11) is 0. The summed E-state index contributed by atoms with van der Waals surface area (Å²) in [4.78, 5) is 13.9. The van der Waals surface area contributed by atoms with Crippen LogP contribution in [-0.4, -0.2) is 29.9 Å². The second-order valence-corrected chi connectivity index (χ2v) is 5.35. The van der Waals surface area contributed by atoms with Gasteiger partial charge in [0.05, 0.1) is 6.04 Å². The highest BCUT2D eigenvalue weighted by atomic mass is 35.5. The molecular formula is C14H18ClFN2O. The van der Waals surface area contributed by atoms with Gasteiger partial charge in [-0.2, -0.15) is 0 Å². The Labute approximate surface area is 117 Å². The first-order valence-electron chi connectivity index (χ1n) is 6.53. The molecule has 3 nitrogen and oxygen atoms in total. The smallest absolute Gasteiger partial charge is 0.239 e. The van der Waals surface area contributed by atoms with Gasteiger partial charge in [-0.3, -0.25) is 4.79 Å². The van der Waals surface area contributed by atoms with E-state index in [0.717, 1.165) is 31.5 Å². The molecule has 1 aromatic carbocycles. The van der Waals surface area contributed by atoms with Crippen LogP contribution < -0.4 is 5.32 Å². The van der Waals surface area contributed by atoms with Gasteiger partial charge in [0, 0.05) is 24.7 Å². The van der Waals surface area contributed by atoms with Crippen molar-refractivity contribution in [2.24, 2.45) is 0 Å². The maximum absolute atomic E-state index is 13.2. The van der Waals surface area contributed by atoms with Crippen molar-refractivity contribution < 1.29 is 9.18 Å². The number of hydrogen-bond acceptors (Lipinski definition) is 2. The first kappa shape index (κ1) is 14.3. The number of carbonyl (C=O) groups excluding carboxylic acids is 1. The normalized spacial score (nSPS) is 16.7. The summed E-state index contributed by atoms with van der Waals surface area (Å²) in [6, 6.07) is 4.13. The standard InChI is InChI=1S/C14H18ClFN2O/c1-10(14(19)18-4-2-3-5-18)17-9-11-6-12(15)8-13(16)7-11/h6-8,10,17H,2-5,9H2,1H3. The first-order valence-corrected chi connectivity index (χ1v) is 6.91. The number of rotatable bonds is 4. The number of nitrogens with zero attached hydrogens (tertiary/aromatic N) is 1. The molecule has 0 aliphatic carbocycles. The van der Waals surface area contributed by atoms with Gasteiger partial charge in [0.2, 0.25) is 5.91 Å². The summed E-state index contributed by atoms with van der Waals surface area (Å²) in [5, 5.41) is 3.48. The van der Waals surface area contributed by atoms with Crippen LogP contribution in [0, 0.1) is 5.82 Å². The van der Waals surface area contributed by atoms with Gasteiger partial charge < -0.3 is 10.2 Å². The van der Waals surface area contributed by atoms with Crippen molar-refractivity contribution in [3.8, 4) is 0 Å². The molecule has 0 aromatic heterocycles. The molecular weight excluding hydrogens is 267 g/mol. The molecule has 1 fully saturated rings. The molecule has 0 saturated carbocycles. The summed E-state index contributed by atoms with van der Waals surface area (Å²) >= 11 is 5.79. The Balaban J connectivity index is 1.88. The highest BCUT2D eigenvalue weighted by Gasteiger charge is 2.22. The summed E-state index contributed by atoms with van der Waals surface area (Å²) in [6.07, 6.45) is 2.16. The van der Waals surface area contributed by atoms with Crippen LogP contribution in [0.2, 0.25) is 5.02 Å². The quantitative estimate of drug-likeness (QED) is 0.922. The van der Waals surface area contributed by atoms with Crippen LogP contribution in [0.15, 0.2) is 18.2 Å². The Morgan fingerprint density at radius 1 is 1.42 bits per heavy atom. The lowest BCUT2D eigenvalue weighted by Gasteiger charge is -2.21. The number of benzene rings is 1. The van der Waals surface area contributed by atoms with E-state index in [1.807, 2.05) is 11.8 Å². The van der Waals surface area contributed by atoms with Crippen LogP contribution in [0.3, 0.4) is 0 Å². The van der Waals surface area contributed by atoms with Gasteiger partial charge in [-0.05, 0) is 43.5 Å². The molecule has 19 heavy (non-hydrogen) atoms. The maximum Gasteiger partial charge on any atom is 0.239 e. The van der Waals surface area contributed by atoms with Crippen molar-refractivity contribution in [2.75, 3.05) is 13.1 Å². The molecule has 1 aliphatic rings. The van der Waals surface area contributed by atoms with E-state index in [-0.39, 0.29) is 17.8 Å². The zero-order valence-corrected chi connectivity index (χ0v) is 11.7. The van der Waals surface area contributed by atoms with Crippen molar-refractivity contribution in [2.45, 2.75) is 32.4 Å². The fourth-order valence-electron chi connectivity index (χ4n) is 2.28. The van der Waals surface area contributed by atoms with Crippen molar-refractivity contribution in [3.63, 3.8) is 0 Å². The van der Waals surface area contributed by atoms with Crippen molar-refractivity contribution in [3.05, 3.63) is 34.6 Å². The summed E-state index contributed by atoms with van der Waals surface area (Å²) in [5.41, 5.74) is 0.742. The lowest BCUT2D eigenvalue weighted by Crippen LogP contribution is -2.43. The number of amides is 1. The van der Waals surface area contributed by atoms with Crippen molar-refractivity contribution in [1.29, 1.82) is 0 Å². The molecule has 0 spiro atoms. The second-order valence-electron chi connectivity index (χ2n) is 4.91. The lowest BCUT2D eigenvalue weighted by molar-refractivity contribution is -0.131. The van der Waals surface area contributed by atoms with Gasteiger partial charge in [0.25, 0.3) is 0 Å². The highest BCUT2D eigenvalue weighted by molar-refractivity contribution is 6.30. The molecule has 1 atom stereocenters. The van der Waals surface area contributed by atoms with Crippen LogP contribution in [0.4, 0.5) is 4.39 Å². The van der Waals surface area contributed by atoms with E-state index in [9.17, 15) is 9.18 Å². The number of hydrogen-bond donors (Lipinski definition) is 1. The van der Waals surface area contributed by atoms with Gasteiger partial charge in [-0.25, -0.2) is 4.39 Å². The largest absolute Gasteiger partial charge is 0.341 e. The van der Waals surface area contributed by atoms with Gasteiger partial charge in [-0.1, -0.05) is 11.6 Å². The highest BCUT2D eigenvalue weighted by Crippen LogP contribution is 2.14. The third-order valence-electron chi connectivity index (χ3n) is 3.32. The number of likely N-dealkylation sites (tertiary alicyclic amines) is 1. The Hall–Kier alpha value is -1.13. The lowest BCUT2D eigenvalue weighted by atomic mass is 10.2. The molecule has 1 saturated heterocycles. The average molecular weight is 285 g/mol. The maximum atomic E-state index is 13.2. The number of carbonyl (C=O) groups is 1. The molecule has 5 heteroatoms. The minimum absolute atomic E-state index is 0.111. The molecule has 2 rings (SSSR count). The van der Waals surface area contributed by atoms with E-state index in [1.54, 1.807) is 6.07 Å². The van der Waals surface area contributed by atoms with Crippen LogP contribution in [0.1, 0.15) is 25.3 Å². The molecule has 1 aliphatic heterocycles. The molecule has 1 heterocycles. The van der Waals surface area contributed by atoms with E-state index < -0.39 is 0 Å². The number of nitrogens with one attached hydrogen (secondary N) is 1. The molecule has 0 radical (unpaired) electrons. The zero-order valence-electron chi connectivity index (χ0n) is 11.0. The minimum Gasteiger partial charge on any atom is -0.341 e. The van der Waals surface area contributed by atoms with Crippen LogP contribution in [0.25, 0.3) is 0 Å². The molecule has 1 unspecified atom stereocenters. The van der Waals surface area contributed by atoms with Crippen molar-refractivity contribution in [1.82, 2.24) is 10.2 Å². The first-order chi connectivity index (χ1) is 9.06. The van der Waals surface area contributed by atoms with Gasteiger partial charge in [0.15, 0.2) is 0 Å². The SMILES string of the molecule is CC(NCc1cc(F)cc(Cl)c1)C(=O)N1CCCC1. The van der Waals surface area contributed by atoms with E-state index in [2.05, 4.69) is 5.32 Å². The topological polar surface area (TPSA) is 32.3 Å². The predicted molar refractivity (Wildman–Crippen MR) is 73.5 cm³/mol. The molecule has 1 aromatic rings. The van der Waals surface area contributed by atoms with Crippen LogP contribution in [-0.2, 0) is 11.3 Å². The fraction of sp³-hybridized carbons (Fsp3) is 0.500. The Morgan fingerprint density at radius 2 is 2.11 bits per heavy atom. The van der Waals surface area contributed by atoms with Crippen LogP contribution >= 0.6 is 11.6 Å². The van der Waals surface area contributed by atoms with Gasteiger partial charge >= 0.3 is 0 Å². The zero-order chi connectivity index (χ0) is 13.8. The second kappa shape index (κ2) is 6.35. The molecule has 1 N–H and O–H groups in total. The third-order valence-corrected chi connectivity index (χ3v) is 3.54. The summed E-state index contributed by atoms with van der Waals surface area (Å²) in [5.74, 6) is -0.247. The third kappa shape index (κ3) is 3.91. The van der Waals surface area contributed by atoms with E-state index in [4.69, 9.17) is 11.6 Å². The Morgan fingerprint density at radius 3 is 2.74 bits per heavy atom. The van der Waals surface area contributed by atoms with Crippen molar-refractivity contribution >= 4 is 17.5 Å². The average Bonchev–Trinajstić information content (AvgIpc) is 2.87. The van der Waals surface area contributed by atoms with E-state index in [1.165, 1.54) is 12.1 Å². The summed E-state index contributed by atoms with van der Waals surface area (Å²) < 4.78 is 13.2. The van der Waals surface area contributed by atoms with Crippen LogP contribution in [0.5, 0.6) is 0 Å². The summed E-state index contributed by atoms with van der Waals surface area (Å²) in [6.45, 7) is 3.95. The predicted octanol–water partition coefficient (Wildman–Crippen LogP) is 2.58. The van der Waals surface area contributed by atoms with E-state index >= 15 is 0 Å². The monoisotopic (exact) mass is 284 g/mol. The Kier molecular flexibility index (Phi) is 4.77. The minimum atomic E-state index is -0.358. The van der Waals surface area contributed by atoms with E-state index in [0.29, 0.717) is 11.6 Å². The fourth-order valence-corrected chi connectivity index (χ4v) is 2.53. The van der Waals surface area contributed by atoms with Gasteiger partial charge in [0.1, 0.15) is 5.82 Å². The molecule has 0 bridgehead atoms. The number of halogens is 2. The van der Waals surface area contributed by atoms with Gasteiger partial charge in [-0.15, -0.1) is 0 Å². The molecule has 104 valence electrons.